The lowest BCUT2D eigenvalue weighted by atomic mass is 10.0. The summed E-state index contributed by atoms with van der Waals surface area (Å²) in [6.45, 7) is 4.55. The molecule has 0 radical (unpaired) electrons. The van der Waals surface area contributed by atoms with Crippen molar-refractivity contribution in [1.29, 1.82) is 0 Å². The van der Waals surface area contributed by atoms with E-state index >= 15 is 0 Å². The molecule has 2 unspecified atom stereocenters. The van der Waals surface area contributed by atoms with Gasteiger partial charge in [-0.15, -0.1) is 0 Å². The van der Waals surface area contributed by atoms with E-state index in [1.54, 1.807) is 12.3 Å². The molecule has 0 saturated heterocycles. The second kappa shape index (κ2) is 5.80. The van der Waals surface area contributed by atoms with Crippen LogP contribution in [-0.2, 0) is 0 Å². The molecule has 100 valence electrons. The Morgan fingerprint density at radius 3 is 2.89 bits per heavy atom. The Balaban J connectivity index is 2.17. The number of nitrogens with zero attached hydrogens (tertiary/aromatic N) is 1. The van der Waals surface area contributed by atoms with Crippen LogP contribution in [0.3, 0.4) is 0 Å². The summed E-state index contributed by atoms with van der Waals surface area (Å²) in [6, 6.07) is 9.39. The van der Waals surface area contributed by atoms with Crippen LogP contribution in [0, 0.1) is 5.92 Å². The Morgan fingerprint density at radius 2 is 2.16 bits per heavy atom. The van der Waals surface area contributed by atoms with Gasteiger partial charge >= 0.3 is 0 Å². The van der Waals surface area contributed by atoms with Crippen molar-refractivity contribution in [3.63, 3.8) is 0 Å². The minimum Gasteiger partial charge on any atom is -0.349 e. The van der Waals surface area contributed by atoms with Gasteiger partial charge in [-0.2, -0.15) is 0 Å². The number of carbonyl (C=O) groups is 1. The first kappa shape index (κ1) is 13.5. The summed E-state index contributed by atoms with van der Waals surface area (Å²) in [6.07, 6.45) is 1.74. The van der Waals surface area contributed by atoms with Crippen LogP contribution < -0.4 is 11.1 Å². The fourth-order valence-electron chi connectivity index (χ4n) is 1.85. The van der Waals surface area contributed by atoms with Crippen LogP contribution in [0.1, 0.15) is 24.2 Å². The molecule has 0 fully saturated rings. The van der Waals surface area contributed by atoms with Gasteiger partial charge in [0, 0.05) is 23.2 Å². The van der Waals surface area contributed by atoms with Gasteiger partial charge in [-0.1, -0.05) is 13.0 Å². The number of nitrogens with one attached hydrogen (secondary N) is 1. The molecule has 1 aromatic heterocycles. The summed E-state index contributed by atoms with van der Waals surface area (Å²) in [5, 5.41) is 3.94. The van der Waals surface area contributed by atoms with Gasteiger partial charge in [0.05, 0.1) is 5.52 Å². The number of rotatable bonds is 4. The first-order valence-corrected chi connectivity index (χ1v) is 6.47. The van der Waals surface area contributed by atoms with Gasteiger partial charge in [0.1, 0.15) is 0 Å². The average molecular weight is 257 g/mol. The predicted molar refractivity (Wildman–Crippen MR) is 76.9 cm³/mol. The van der Waals surface area contributed by atoms with Crippen molar-refractivity contribution in [2.24, 2.45) is 11.7 Å². The molecule has 19 heavy (non-hydrogen) atoms. The molecule has 2 rings (SSSR count). The van der Waals surface area contributed by atoms with E-state index in [4.69, 9.17) is 5.73 Å². The standard InChI is InChI=1S/C15H19N3O/c1-10(9-16)11(2)18-15(19)13-5-6-14-12(8-13)4-3-7-17-14/h3-8,10-11H,9,16H2,1-2H3,(H,18,19). The van der Waals surface area contributed by atoms with Gasteiger partial charge < -0.3 is 11.1 Å². The molecule has 2 aromatic rings. The monoisotopic (exact) mass is 257 g/mol. The maximum atomic E-state index is 12.1. The lowest BCUT2D eigenvalue weighted by Gasteiger charge is -2.19. The number of amides is 1. The molecule has 4 nitrogen and oxygen atoms in total. The maximum Gasteiger partial charge on any atom is 0.251 e. The summed E-state index contributed by atoms with van der Waals surface area (Å²) in [5.74, 6) is 0.185. The van der Waals surface area contributed by atoms with Gasteiger partial charge in [-0.3, -0.25) is 9.78 Å². The van der Waals surface area contributed by atoms with Crippen LogP contribution in [0.4, 0.5) is 0 Å². The van der Waals surface area contributed by atoms with Gasteiger partial charge in [0.15, 0.2) is 0 Å². The van der Waals surface area contributed by atoms with E-state index in [-0.39, 0.29) is 17.9 Å². The van der Waals surface area contributed by atoms with Crippen LogP contribution in [-0.4, -0.2) is 23.5 Å². The second-order valence-electron chi connectivity index (χ2n) is 4.89. The molecule has 0 spiro atoms. The molecular formula is C15H19N3O. The Kier molecular flexibility index (Phi) is 4.12. The molecule has 1 aromatic carbocycles. The first-order valence-electron chi connectivity index (χ1n) is 6.47. The second-order valence-corrected chi connectivity index (χ2v) is 4.89. The highest BCUT2D eigenvalue weighted by Gasteiger charge is 2.14. The number of hydrogen-bond donors (Lipinski definition) is 2. The number of nitrogens with two attached hydrogens (primary N) is 1. The number of carbonyl (C=O) groups excluding carboxylic acids is 1. The summed E-state index contributed by atoms with van der Waals surface area (Å²) in [5.41, 5.74) is 7.14. The van der Waals surface area contributed by atoms with Crippen molar-refractivity contribution >= 4 is 16.8 Å². The van der Waals surface area contributed by atoms with Crippen molar-refractivity contribution < 1.29 is 4.79 Å². The average Bonchev–Trinajstić information content (AvgIpc) is 2.45. The lowest BCUT2D eigenvalue weighted by Crippen LogP contribution is -2.39. The van der Waals surface area contributed by atoms with Crippen molar-refractivity contribution in [1.82, 2.24) is 10.3 Å². The van der Waals surface area contributed by atoms with E-state index in [9.17, 15) is 4.79 Å². The molecule has 1 heterocycles. The largest absolute Gasteiger partial charge is 0.349 e. The zero-order chi connectivity index (χ0) is 13.8. The number of benzene rings is 1. The fourth-order valence-corrected chi connectivity index (χ4v) is 1.85. The lowest BCUT2D eigenvalue weighted by molar-refractivity contribution is 0.0929. The van der Waals surface area contributed by atoms with Crippen molar-refractivity contribution in [3.8, 4) is 0 Å². The highest BCUT2D eigenvalue weighted by molar-refractivity contribution is 5.98. The van der Waals surface area contributed by atoms with E-state index in [0.29, 0.717) is 12.1 Å². The molecule has 3 N–H and O–H groups in total. The van der Waals surface area contributed by atoms with E-state index in [0.717, 1.165) is 10.9 Å². The molecule has 0 aliphatic carbocycles. The van der Waals surface area contributed by atoms with Crippen LogP contribution in [0.2, 0.25) is 0 Å². The topological polar surface area (TPSA) is 68.0 Å². The van der Waals surface area contributed by atoms with E-state index < -0.39 is 0 Å². The smallest absolute Gasteiger partial charge is 0.251 e. The molecule has 0 aliphatic heterocycles. The van der Waals surface area contributed by atoms with Crippen LogP contribution in [0.15, 0.2) is 36.5 Å². The van der Waals surface area contributed by atoms with Crippen LogP contribution >= 0.6 is 0 Å². The summed E-state index contributed by atoms with van der Waals surface area (Å²) in [7, 11) is 0. The maximum absolute atomic E-state index is 12.1. The van der Waals surface area contributed by atoms with Crippen molar-refractivity contribution in [3.05, 3.63) is 42.1 Å². The molecular weight excluding hydrogens is 238 g/mol. The minimum absolute atomic E-state index is 0.0575. The van der Waals surface area contributed by atoms with Crippen LogP contribution in [0.5, 0.6) is 0 Å². The number of hydrogen-bond acceptors (Lipinski definition) is 3. The Bertz CT molecular complexity index is 582. The molecule has 2 atom stereocenters. The zero-order valence-corrected chi connectivity index (χ0v) is 11.3. The highest BCUT2D eigenvalue weighted by atomic mass is 16.1. The summed E-state index contributed by atoms with van der Waals surface area (Å²) >= 11 is 0. The van der Waals surface area contributed by atoms with Crippen molar-refractivity contribution in [2.45, 2.75) is 19.9 Å². The molecule has 1 amide bonds. The molecule has 0 saturated carbocycles. The van der Waals surface area contributed by atoms with Gasteiger partial charge in [-0.25, -0.2) is 0 Å². The number of aromatic nitrogens is 1. The third-order valence-corrected chi connectivity index (χ3v) is 3.45. The van der Waals surface area contributed by atoms with Gasteiger partial charge in [0.25, 0.3) is 5.91 Å². The highest BCUT2D eigenvalue weighted by Crippen LogP contribution is 2.13. The Labute approximate surface area is 113 Å². The number of fused-ring (bicyclic) bond motifs is 1. The Morgan fingerprint density at radius 1 is 1.37 bits per heavy atom. The normalized spacial score (nSPS) is 14.1. The Hall–Kier alpha value is -1.94. The zero-order valence-electron chi connectivity index (χ0n) is 11.3. The third kappa shape index (κ3) is 3.09. The van der Waals surface area contributed by atoms with Gasteiger partial charge in [-0.05, 0) is 43.7 Å². The molecule has 0 aliphatic rings. The first-order chi connectivity index (χ1) is 9.11. The van der Waals surface area contributed by atoms with Crippen molar-refractivity contribution in [2.75, 3.05) is 6.54 Å². The van der Waals surface area contributed by atoms with Gasteiger partial charge in [0.2, 0.25) is 0 Å². The number of pyridine rings is 1. The minimum atomic E-state index is -0.0708. The van der Waals surface area contributed by atoms with E-state index in [1.807, 2.05) is 38.1 Å². The SMILES string of the molecule is CC(CN)C(C)NC(=O)c1ccc2ncccc2c1. The summed E-state index contributed by atoms with van der Waals surface area (Å²) in [4.78, 5) is 16.4. The van der Waals surface area contributed by atoms with E-state index in [2.05, 4.69) is 10.3 Å². The molecule has 0 bridgehead atoms. The predicted octanol–water partition coefficient (Wildman–Crippen LogP) is 1.95. The summed E-state index contributed by atoms with van der Waals surface area (Å²) < 4.78 is 0. The van der Waals surface area contributed by atoms with Crippen LogP contribution in [0.25, 0.3) is 10.9 Å². The third-order valence-electron chi connectivity index (χ3n) is 3.45. The fraction of sp³-hybridized carbons (Fsp3) is 0.333. The van der Waals surface area contributed by atoms with E-state index in [1.165, 1.54) is 0 Å². The molecule has 4 heteroatoms. The quantitative estimate of drug-likeness (QED) is 0.879.